The van der Waals surface area contributed by atoms with E-state index in [2.05, 4.69) is 16.0 Å². The molecule has 0 saturated carbocycles. The smallest absolute Gasteiger partial charge is 0.239 e. The van der Waals surface area contributed by atoms with Gasteiger partial charge in [-0.15, -0.1) is 0 Å². The van der Waals surface area contributed by atoms with Gasteiger partial charge in [0, 0.05) is 37.2 Å². The van der Waals surface area contributed by atoms with E-state index < -0.39 is 6.04 Å². The zero-order chi connectivity index (χ0) is 19.9. The fourth-order valence-corrected chi connectivity index (χ4v) is 3.47. The van der Waals surface area contributed by atoms with Gasteiger partial charge in [-0.2, -0.15) is 5.26 Å². The molecule has 1 unspecified atom stereocenters. The third kappa shape index (κ3) is 4.90. The van der Waals surface area contributed by atoms with E-state index in [9.17, 15) is 9.18 Å². The Kier molecular flexibility index (Phi) is 6.66. The lowest BCUT2D eigenvalue weighted by atomic mass is 9.95. The minimum absolute atomic E-state index is 0.0441. The zero-order valence-electron chi connectivity index (χ0n) is 15.7. The highest BCUT2D eigenvalue weighted by Crippen LogP contribution is 2.27. The predicted octanol–water partition coefficient (Wildman–Crippen LogP) is 3.01. The van der Waals surface area contributed by atoms with Crippen LogP contribution in [0.25, 0.3) is 11.3 Å². The van der Waals surface area contributed by atoms with Crippen molar-refractivity contribution in [1.29, 1.82) is 5.26 Å². The molecule has 0 spiro atoms. The van der Waals surface area contributed by atoms with Gasteiger partial charge >= 0.3 is 0 Å². The van der Waals surface area contributed by atoms with E-state index in [0.717, 1.165) is 29.9 Å². The van der Waals surface area contributed by atoms with Crippen molar-refractivity contribution in [3.63, 3.8) is 0 Å². The maximum atomic E-state index is 13.1. The summed E-state index contributed by atoms with van der Waals surface area (Å²) in [7, 11) is 0. The van der Waals surface area contributed by atoms with E-state index in [-0.39, 0.29) is 17.6 Å². The highest BCUT2D eigenvalue weighted by Gasteiger charge is 2.28. The van der Waals surface area contributed by atoms with Gasteiger partial charge < -0.3 is 10.6 Å². The Morgan fingerprint density at radius 3 is 2.68 bits per heavy atom. The summed E-state index contributed by atoms with van der Waals surface area (Å²) in [5, 5.41) is 8.59. The Hall–Kier alpha value is -2.85. The quantitative estimate of drug-likeness (QED) is 0.776. The van der Waals surface area contributed by atoms with Crippen molar-refractivity contribution in [2.24, 2.45) is 5.73 Å². The standard InChI is InChI=1S/C21H24FN5O/c22-17-6-4-15(5-7-17)19-8-12-25-20(26-19)16-9-13-27(14-10-16)21(28)18(24)3-1-2-11-23/h4-8,12,16,18H,1-3,9-10,13-14,24H2. The fraction of sp³-hybridized carbons (Fsp3) is 0.429. The van der Waals surface area contributed by atoms with E-state index in [1.807, 2.05) is 6.07 Å². The molecule has 1 saturated heterocycles. The molecule has 1 aromatic heterocycles. The molecule has 146 valence electrons. The number of amides is 1. The fourth-order valence-electron chi connectivity index (χ4n) is 3.47. The molecule has 7 heteroatoms. The minimum atomic E-state index is -0.539. The Morgan fingerprint density at radius 2 is 2.00 bits per heavy atom. The van der Waals surface area contributed by atoms with Gasteiger partial charge in [-0.05, 0) is 56.0 Å². The number of nitriles is 1. The number of halogens is 1. The van der Waals surface area contributed by atoms with Crippen LogP contribution in [0.5, 0.6) is 0 Å². The number of nitrogens with two attached hydrogens (primary N) is 1. The average Bonchev–Trinajstić information content (AvgIpc) is 2.74. The molecule has 2 N–H and O–H groups in total. The summed E-state index contributed by atoms with van der Waals surface area (Å²) in [5.41, 5.74) is 7.59. The second kappa shape index (κ2) is 9.38. The van der Waals surface area contributed by atoms with Crippen LogP contribution < -0.4 is 5.73 Å². The molecule has 1 aliphatic heterocycles. The molecule has 1 aliphatic rings. The van der Waals surface area contributed by atoms with Crippen molar-refractivity contribution in [3.8, 4) is 17.3 Å². The number of unbranched alkanes of at least 4 members (excludes halogenated alkanes) is 1. The van der Waals surface area contributed by atoms with Crippen LogP contribution in [0.2, 0.25) is 0 Å². The van der Waals surface area contributed by atoms with Crippen molar-refractivity contribution in [1.82, 2.24) is 14.9 Å². The van der Waals surface area contributed by atoms with Crippen LogP contribution >= 0.6 is 0 Å². The maximum Gasteiger partial charge on any atom is 0.239 e. The Bertz CT molecular complexity index is 841. The second-order valence-electron chi connectivity index (χ2n) is 7.06. The number of hydrogen-bond acceptors (Lipinski definition) is 5. The summed E-state index contributed by atoms with van der Waals surface area (Å²) < 4.78 is 13.1. The van der Waals surface area contributed by atoms with Gasteiger partial charge in [0.1, 0.15) is 11.6 Å². The van der Waals surface area contributed by atoms with Crippen LogP contribution in [0.1, 0.15) is 43.8 Å². The molecule has 28 heavy (non-hydrogen) atoms. The normalized spacial score (nSPS) is 15.8. The summed E-state index contributed by atoms with van der Waals surface area (Å²) in [6, 6.07) is 9.59. The van der Waals surface area contributed by atoms with Gasteiger partial charge in [0.25, 0.3) is 0 Å². The number of benzene rings is 1. The monoisotopic (exact) mass is 381 g/mol. The summed E-state index contributed by atoms with van der Waals surface area (Å²) in [4.78, 5) is 23.3. The minimum Gasteiger partial charge on any atom is -0.341 e. The number of rotatable bonds is 6. The zero-order valence-corrected chi connectivity index (χ0v) is 15.7. The van der Waals surface area contributed by atoms with E-state index in [1.54, 1.807) is 23.2 Å². The SMILES string of the molecule is N#CCCCC(N)C(=O)N1CCC(c2nccc(-c3ccc(F)cc3)n2)CC1. The highest BCUT2D eigenvalue weighted by molar-refractivity contribution is 5.81. The van der Waals surface area contributed by atoms with Crippen LogP contribution in [-0.4, -0.2) is 39.9 Å². The molecular formula is C21H24FN5O. The second-order valence-corrected chi connectivity index (χ2v) is 7.06. The Morgan fingerprint density at radius 1 is 1.29 bits per heavy atom. The number of piperidine rings is 1. The Labute approximate surface area is 164 Å². The number of likely N-dealkylation sites (tertiary alicyclic amines) is 1. The lowest BCUT2D eigenvalue weighted by Gasteiger charge is -2.33. The molecule has 1 atom stereocenters. The average molecular weight is 381 g/mol. The molecule has 1 fully saturated rings. The first kappa shape index (κ1) is 19.9. The van der Waals surface area contributed by atoms with Crippen LogP contribution in [0.4, 0.5) is 4.39 Å². The van der Waals surface area contributed by atoms with Gasteiger partial charge in [-0.1, -0.05) is 0 Å². The van der Waals surface area contributed by atoms with Crippen molar-refractivity contribution in [3.05, 3.63) is 48.2 Å². The molecule has 1 amide bonds. The lowest BCUT2D eigenvalue weighted by molar-refractivity contribution is -0.133. The summed E-state index contributed by atoms with van der Waals surface area (Å²) in [5.74, 6) is 0.616. The van der Waals surface area contributed by atoms with Crippen LogP contribution in [0.3, 0.4) is 0 Å². The molecule has 3 rings (SSSR count). The predicted molar refractivity (Wildman–Crippen MR) is 103 cm³/mol. The molecular weight excluding hydrogens is 357 g/mol. The van der Waals surface area contributed by atoms with E-state index in [0.29, 0.717) is 32.4 Å². The molecule has 1 aromatic carbocycles. The van der Waals surface area contributed by atoms with Crippen molar-refractivity contribution in [2.75, 3.05) is 13.1 Å². The van der Waals surface area contributed by atoms with Crippen molar-refractivity contribution >= 4 is 5.91 Å². The summed E-state index contributed by atoms with van der Waals surface area (Å²) in [6.45, 7) is 1.25. The lowest BCUT2D eigenvalue weighted by Crippen LogP contribution is -2.47. The van der Waals surface area contributed by atoms with E-state index in [4.69, 9.17) is 11.0 Å². The van der Waals surface area contributed by atoms with Gasteiger partial charge in [0.15, 0.2) is 0 Å². The third-order valence-corrected chi connectivity index (χ3v) is 5.11. The number of carbonyl (C=O) groups is 1. The molecule has 6 nitrogen and oxygen atoms in total. The van der Waals surface area contributed by atoms with Crippen molar-refractivity contribution < 1.29 is 9.18 Å². The van der Waals surface area contributed by atoms with E-state index in [1.165, 1.54) is 12.1 Å². The molecule has 0 radical (unpaired) electrons. The molecule has 0 aliphatic carbocycles. The topological polar surface area (TPSA) is 95.9 Å². The number of nitrogens with zero attached hydrogens (tertiary/aromatic N) is 4. The summed E-state index contributed by atoms with van der Waals surface area (Å²) >= 11 is 0. The maximum absolute atomic E-state index is 13.1. The van der Waals surface area contributed by atoms with E-state index >= 15 is 0 Å². The van der Waals surface area contributed by atoms with Gasteiger partial charge in [-0.25, -0.2) is 14.4 Å². The van der Waals surface area contributed by atoms with Gasteiger partial charge in [0.2, 0.25) is 5.91 Å². The van der Waals surface area contributed by atoms with Gasteiger partial charge in [0.05, 0.1) is 17.8 Å². The third-order valence-electron chi connectivity index (χ3n) is 5.11. The number of carbonyl (C=O) groups excluding carboxylic acids is 1. The number of aromatic nitrogens is 2. The number of hydrogen-bond donors (Lipinski definition) is 1. The van der Waals surface area contributed by atoms with Crippen LogP contribution in [0.15, 0.2) is 36.5 Å². The largest absolute Gasteiger partial charge is 0.341 e. The molecule has 0 bridgehead atoms. The Balaban J connectivity index is 1.59. The first-order chi connectivity index (χ1) is 13.6. The van der Waals surface area contributed by atoms with Crippen LogP contribution in [-0.2, 0) is 4.79 Å². The first-order valence-corrected chi connectivity index (χ1v) is 9.58. The van der Waals surface area contributed by atoms with Crippen LogP contribution in [0, 0.1) is 17.1 Å². The summed E-state index contributed by atoms with van der Waals surface area (Å²) in [6.07, 6.45) is 4.89. The molecule has 2 aromatic rings. The van der Waals surface area contributed by atoms with Gasteiger partial charge in [-0.3, -0.25) is 4.79 Å². The molecule has 2 heterocycles. The highest BCUT2D eigenvalue weighted by atomic mass is 19.1. The van der Waals surface area contributed by atoms with Crippen molar-refractivity contribution in [2.45, 2.75) is 44.1 Å². The first-order valence-electron chi connectivity index (χ1n) is 9.58.